The second-order valence-electron chi connectivity index (χ2n) is 4.18. The lowest BCUT2D eigenvalue weighted by Crippen LogP contribution is -2.18. The third kappa shape index (κ3) is 3.03. The Morgan fingerprint density at radius 3 is 2.39 bits per heavy atom. The van der Waals surface area contributed by atoms with Gasteiger partial charge in [0.15, 0.2) is 0 Å². The second kappa shape index (κ2) is 5.89. The Morgan fingerprint density at radius 1 is 1.11 bits per heavy atom. The first kappa shape index (κ1) is 12.9. The molecule has 0 aliphatic rings. The quantitative estimate of drug-likeness (QED) is 0.910. The minimum atomic E-state index is -0.221. The van der Waals surface area contributed by atoms with Crippen LogP contribution in [0.15, 0.2) is 48.5 Å². The van der Waals surface area contributed by atoms with Crippen LogP contribution in [0.2, 0.25) is 5.02 Å². The molecule has 2 rings (SSSR count). The van der Waals surface area contributed by atoms with Crippen LogP contribution in [0, 0.1) is 6.92 Å². The number of benzene rings is 2. The van der Waals surface area contributed by atoms with E-state index in [4.69, 9.17) is 22.1 Å². The first-order valence-electron chi connectivity index (χ1n) is 5.88. The molecule has 0 bridgehead atoms. The van der Waals surface area contributed by atoms with Gasteiger partial charge in [0.25, 0.3) is 0 Å². The lowest BCUT2D eigenvalue weighted by atomic mass is 10.1. The third-order valence-electron chi connectivity index (χ3n) is 2.77. The molecular weight excluding hydrogens is 246 g/mol. The normalized spacial score (nSPS) is 12.2. The lowest BCUT2D eigenvalue weighted by molar-refractivity contribution is 0.214. The molecule has 0 fully saturated rings. The molecule has 94 valence electrons. The molecule has 0 amide bonds. The highest BCUT2D eigenvalue weighted by atomic mass is 35.5. The molecule has 0 spiro atoms. The minimum absolute atomic E-state index is 0.221. The number of aryl methyl sites for hydroxylation is 1. The van der Waals surface area contributed by atoms with Crippen LogP contribution in [0.25, 0.3) is 0 Å². The smallest absolute Gasteiger partial charge is 0.137 e. The molecule has 0 radical (unpaired) electrons. The Hall–Kier alpha value is -1.51. The van der Waals surface area contributed by atoms with E-state index in [-0.39, 0.29) is 6.10 Å². The highest BCUT2D eigenvalue weighted by Gasteiger charge is 2.14. The van der Waals surface area contributed by atoms with E-state index in [1.807, 2.05) is 55.5 Å². The molecule has 0 aliphatic heterocycles. The summed E-state index contributed by atoms with van der Waals surface area (Å²) in [5, 5.41) is 0.681. The van der Waals surface area contributed by atoms with Gasteiger partial charge in [0.1, 0.15) is 11.9 Å². The molecule has 1 atom stereocenters. The van der Waals surface area contributed by atoms with E-state index in [1.54, 1.807) is 0 Å². The van der Waals surface area contributed by atoms with Crippen molar-refractivity contribution in [3.8, 4) is 5.75 Å². The zero-order valence-corrected chi connectivity index (χ0v) is 11.0. The molecule has 3 heteroatoms. The highest BCUT2D eigenvalue weighted by Crippen LogP contribution is 2.26. The van der Waals surface area contributed by atoms with E-state index in [0.29, 0.717) is 11.6 Å². The first-order chi connectivity index (χ1) is 8.70. The molecule has 0 saturated heterocycles. The molecule has 2 nitrogen and oxygen atoms in total. The monoisotopic (exact) mass is 261 g/mol. The van der Waals surface area contributed by atoms with Gasteiger partial charge in [-0.15, -0.1) is 0 Å². The van der Waals surface area contributed by atoms with Crippen molar-refractivity contribution >= 4 is 11.6 Å². The number of ether oxygens (including phenoxy) is 1. The van der Waals surface area contributed by atoms with Gasteiger partial charge in [-0.25, -0.2) is 0 Å². The van der Waals surface area contributed by atoms with Crippen LogP contribution < -0.4 is 10.5 Å². The maximum Gasteiger partial charge on any atom is 0.137 e. The van der Waals surface area contributed by atoms with Crippen LogP contribution >= 0.6 is 11.6 Å². The van der Waals surface area contributed by atoms with Gasteiger partial charge < -0.3 is 10.5 Å². The zero-order valence-electron chi connectivity index (χ0n) is 10.3. The van der Waals surface area contributed by atoms with Gasteiger partial charge in [-0.3, -0.25) is 0 Å². The van der Waals surface area contributed by atoms with E-state index in [1.165, 1.54) is 5.56 Å². The summed E-state index contributed by atoms with van der Waals surface area (Å²) in [6.07, 6.45) is -0.221. The molecule has 0 aliphatic carbocycles. The van der Waals surface area contributed by atoms with E-state index in [2.05, 4.69) is 0 Å². The molecule has 2 aromatic rings. The summed E-state index contributed by atoms with van der Waals surface area (Å²) in [6.45, 7) is 2.43. The van der Waals surface area contributed by atoms with Gasteiger partial charge in [0.2, 0.25) is 0 Å². The largest absolute Gasteiger partial charge is 0.484 e. The van der Waals surface area contributed by atoms with Crippen molar-refractivity contribution in [2.75, 3.05) is 6.54 Å². The van der Waals surface area contributed by atoms with Crippen LogP contribution in [-0.4, -0.2) is 6.54 Å². The van der Waals surface area contributed by atoms with E-state index < -0.39 is 0 Å². The number of halogens is 1. The van der Waals surface area contributed by atoms with Crippen molar-refractivity contribution in [1.82, 2.24) is 0 Å². The molecule has 18 heavy (non-hydrogen) atoms. The predicted octanol–water partition coefficient (Wildman–Crippen LogP) is 3.73. The topological polar surface area (TPSA) is 35.2 Å². The predicted molar refractivity (Wildman–Crippen MR) is 75.1 cm³/mol. The molecule has 0 aromatic heterocycles. The van der Waals surface area contributed by atoms with Crippen molar-refractivity contribution in [3.05, 3.63) is 64.7 Å². The second-order valence-corrected chi connectivity index (χ2v) is 4.58. The van der Waals surface area contributed by atoms with E-state index in [0.717, 1.165) is 11.3 Å². The summed E-state index contributed by atoms with van der Waals surface area (Å²) >= 11 is 6.15. The zero-order chi connectivity index (χ0) is 13.0. The maximum absolute atomic E-state index is 6.15. The molecule has 0 heterocycles. The summed E-state index contributed by atoms with van der Waals surface area (Å²) in [5.41, 5.74) is 7.89. The Bertz CT molecular complexity index is 510. The summed E-state index contributed by atoms with van der Waals surface area (Å²) in [6, 6.07) is 15.5. The number of hydrogen-bond acceptors (Lipinski definition) is 2. The lowest BCUT2D eigenvalue weighted by Gasteiger charge is -2.19. The standard InChI is InChI=1S/C15H16ClNO/c1-11-6-8-12(9-7-11)18-15(10-17)13-4-2-3-5-14(13)16/h2-9,15H,10,17H2,1H3. The molecule has 0 saturated carbocycles. The van der Waals surface area contributed by atoms with Gasteiger partial charge in [0.05, 0.1) is 0 Å². The molecule has 1 unspecified atom stereocenters. The number of rotatable bonds is 4. The fraction of sp³-hybridized carbons (Fsp3) is 0.200. The van der Waals surface area contributed by atoms with Crippen molar-refractivity contribution in [2.45, 2.75) is 13.0 Å². The van der Waals surface area contributed by atoms with Crippen molar-refractivity contribution < 1.29 is 4.74 Å². The van der Waals surface area contributed by atoms with Crippen LogP contribution in [-0.2, 0) is 0 Å². The van der Waals surface area contributed by atoms with E-state index in [9.17, 15) is 0 Å². The third-order valence-corrected chi connectivity index (χ3v) is 3.11. The maximum atomic E-state index is 6.15. The minimum Gasteiger partial charge on any atom is -0.484 e. The van der Waals surface area contributed by atoms with Gasteiger partial charge in [0, 0.05) is 17.1 Å². The molecule has 2 N–H and O–H groups in total. The van der Waals surface area contributed by atoms with Crippen molar-refractivity contribution in [1.29, 1.82) is 0 Å². The van der Waals surface area contributed by atoms with E-state index >= 15 is 0 Å². The average Bonchev–Trinajstić information content (AvgIpc) is 2.39. The van der Waals surface area contributed by atoms with Crippen LogP contribution in [0.4, 0.5) is 0 Å². The molecule has 2 aromatic carbocycles. The van der Waals surface area contributed by atoms with Crippen molar-refractivity contribution in [3.63, 3.8) is 0 Å². The fourth-order valence-corrected chi connectivity index (χ4v) is 2.01. The summed E-state index contributed by atoms with van der Waals surface area (Å²) < 4.78 is 5.88. The van der Waals surface area contributed by atoms with Gasteiger partial charge >= 0.3 is 0 Å². The Kier molecular flexibility index (Phi) is 4.24. The van der Waals surface area contributed by atoms with Gasteiger partial charge in [-0.2, -0.15) is 0 Å². The van der Waals surface area contributed by atoms with Gasteiger partial charge in [-0.05, 0) is 25.1 Å². The Morgan fingerprint density at radius 2 is 1.78 bits per heavy atom. The first-order valence-corrected chi connectivity index (χ1v) is 6.26. The van der Waals surface area contributed by atoms with Crippen LogP contribution in [0.5, 0.6) is 5.75 Å². The summed E-state index contributed by atoms with van der Waals surface area (Å²) in [4.78, 5) is 0. The summed E-state index contributed by atoms with van der Waals surface area (Å²) in [5.74, 6) is 0.802. The fourth-order valence-electron chi connectivity index (χ4n) is 1.76. The van der Waals surface area contributed by atoms with Crippen LogP contribution in [0.3, 0.4) is 0 Å². The number of nitrogens with two attached hydrogens (primary N) is 1. The summed E-state index contributed by atoms with van der Waals surface area (Å²) in [7, 11) is 0. The van der Waals surface area contributed by atoms with Crippen LogP contribution in [0.1, 0.15) is 17.2 Å². The Balaban J connectivity index is 2.20. The Labute approximate surface area is 112 Å². The molecular formula is C15H16ClNO. The average molecular weight is 262 g/mol. The highest BCUT2D eigenvalue weighted by molar-refractivity contribution is 6.31. The van der Waals surface area contributed by atoms with Crippen molar-refractivity contribution in [2.24, 2.45) is 5.73 Å². The van der Waals surface area contributed by atoms with Gasteiger partial charge in [-0.1, -0.05) is 47.5 Å². The number of hydrogen-bond donors (Lipinski definition) is 1. The SMILES string of the molecule is Cc1ccc(OC(CN)c2ccccc2Cl)cc1.